The standard InChI is InChI=1S/C23H21F6N3OS/c24-22(25,26)19-11-17(15-3-1-2-4-16(15)32-19)30-12-13-5-7-14(8-6-13)31-21(33)18-9-10-20(34-18)23(27,28)29/h1-4,9-11,13-14H,5-8,12H2,(H,30,32)(H,31,33). The largest absolute Gasteiger partial charge is 0.433 e. The van der Waals surface area contributed by atoms with E-state index in [2.05, 4.69) is 15.6 Å². The minimum atomic E-state index is -4.56. The van der Waals surface area contributed by atoms with E-state index in [4.69, 9.17) is 0 Å². The molecule has 11 heteroatoms. The van der Waals surface area contributed by atoms with Gasteiger partial charge in [-0.25, -0.2) is 4.98 Å². The molecule has 1 amide bonds. The summed E-state index contributed by atoms with van der Waals surface area (Å²) in [6.45, 7) is 0.464. The van der Waals surface area contributed by atoms with Crippen molar-refractivity contribution in [1.82, 2.24) is 10.3 Å². The summed E-state index contributed by atoms with van der Waals surface area (Å²) in [5.41, 5.74) is -0.331. The lowest BCUT2D eigenvalue weighted by atomic mass is 9.86. The molecule has 0 saturated heterocycles. The highest BCUT2D eigenvalue weighted by molar-refractivity contribution is 7.14. The third-order valence-corrected chi connectivity index (χ3v) is 7.01. The molecule has 4 nitrogen and oxygen atoms in total. The van der Waals surface area contributed by atoms with Crippen molar-refractivity contribution >= 4 is 33.8 Å². The van der Waals surface area contributed by atoms with Gasteiger partial charge in [-0.1, -0.05) is 18.2 Å². The maximum absolute atomic E-state index is 13.2. The molecule has 0 bridgehead atoms. The molecule has 1 aromatic carbocycles. The van der Waals surface area contributed by atoms with Gasteiger partial charge in [0.15, 0.2) is 0 Å². The van der Waals surface area contributed by atoms with Crippen molar-refractivity contribution in [1.29, 1.82) is 0 Å². The lowest BCUT2D eigenvalue weighted by Gasteiger charge is -2.29. The second kappa shape index (κ2) is 9.44. The van der Waals surface area contributed by atoms with Gasteiger partial charge in [0.1, 0.15) is 10.6 Å². The van der Waals surface area contributed by atoms with E-state index < -0.39 is 28.8 Å². The number of thiophene rings is 1. The number of aromatic nitrogens is 1. The van der Waals surface area contributed by atoms with Crippen LogP contribution >= 0.6 is 11.3 Å². The van der Waals surface area contributed by atoms with E-state index in [0.717, 1.165) is 25.0 Å². The summed E-state index contributed by atoms with van der Waals surface area (Å²) in [5, 5.41) is 6.53. The van der Waals surface area contributed by atoms with E-state index in [1.165, 1.54) is 12.1 Å². The summed E-state index contributed by atoms with van der Waals surface area (Å²) in [5.74, 6) is -0.335. The van der Waals surface area contributed by atoms with Gasteiger partial charge in [-0.2, -0.15) is 26.3 Å². The fourth-order valence-electron chi connectivity index (χ4n) is 4.10. The van der Waals surface area contributed by atoms with Gasteiger partial charge >= 0.3 is 12.4 Å². The van der Waals surface area contributed by atoms with Crippen molar-refractivity contribution < 1.29 is 31.1 Å². The summed E-state index contributed by atoms with van der Waals surface area (Å²) in [4.78, 5) is 15.2. The van der Waals surface area contributed by atoms with Crippen LogP contribution in [0.15, 0.2) is 42.5 Å². The first kappa shape index (κ1) is 24.3. The number of anilines is 1. The summed E-state index contributed by atoms with van der Waals surface area (Å²) >= 11 is 0.414. The number of benzene rings is 1. The first-order valence-electron chi connectivity index (χ1n) is 10.7. The smallest absolute Gasteiger partial charge is 0.384 e. The lowest BCUT2D eigenvalue weighted by molar-refractivity contribution is -0.141. The molecule has 0 radical (unpaired) electrons. The van der Waals surface area contributed by atoms with Crippen LogP contribution in [-0.2, 0) is 12.4 Å². The Hall–Kier alpha value is -2.82. The highest BCUT2D eigenvalue weighted by Gasteiger charge is 2.34. The van der Waals surface area contributed by atoms with Gasteiger partial charge in [0.05, 0.1) is 10.4 Å². The van der Waals surface area contributed by atoms with Gasteiger partial charge in [-0.05, 0) is 55.9 Å². The van der Waals surface area contributed by atoms with Crippen LogP contribution in [0.3, 0.4) is 0 Å². The molecule has 3 aromatic rings. The molecule has 4 rings (SSSR count). The second-order valence-corrected chi connectivity index (χ2v) is 9.39. The summed E-state index contributed by atoms with van der Waals surface area (Å²) < 4.78 is 77.9. The molecule has 2 aromatic heterocycles. The molecule has 2 N–H and O–H groups in total. The highest BCUT2D eigenvalue weighted by atomic mass is 32.1. The SMILES string of the molecule is O=C(NC1CCC(CNc2cc(C(F)(F)F)nc3ccccc23)CC1)c1ccc(C(F)(F)F)s1. The van der Waals surface area contributed by atoms with E-state index in [0.29, 0.717) is 41.8 Å². The Bertz CT molecular complexity index is 1170. The van der Waals surface area contributed by atoms with Crippen molar-refractivity contribution in [2.24, 2.45) is 5.92 Å². The van der Waals surface area contributed by atoms with Crippen LogP contribution in [0.5, 0.6) is 0 Å². The Balaban J connectivity index is 1.33. The number of nitrogens with one attached hydrogen (secondary N) is 2. The quantitative estimate of drug-likeness (QED) is 0.381. The zero-order chi connectivity index (χ0) is 24.5. The van der Waals surface area contributed by atoms with Gasteiger partial charge in [-0.15, -0.1) is 11.3 Å². The molecule has 1 saturated carbocycles. The molecule has 1 fully saturated rings. The minimum Gasteiger partial charge on any atom is -0.384 e. The van der Waals surface area contributed by atoms with Crippen molar-refractivity contribution in [2.75, 3.05) is 11.9 Å². The monoisotopic (exact) mass is 501 g/mol. The zero-order valence-electron chi connectivity index (χ0n) is 17.8. The third kappa shape index (κ3) is 5.63. The minimum absolute atomic E-state index is 0.0150. The number of amides is 1. The van der Waals surface area contributed by atoms with Crippen LogP contribution in [0.1, 0.15) is 45.9 Å². The Morgan fingerprint density at radius 1 is 0.971 bits per heavy atom. The van der Waals surface area contributed by atoms with Gasteiger partial charge in [0, 0.05) is 23.7 Å². The van der Waals surface area contributed by atoms with Gasteiger partial charge in [0.25, 0.3) is 5.91 Å². The molecule has 182 valence electrons. The van der Waals surface area contributed by atoms with E-state index in [1.807, 2.05) is 0 Å². The molecule has 0 atom stereocenters. The molecule has 34 heavy (non-hydrogen) atoms. The van der Waals surface area contributed by atoms with Crippen LogP contribution in [0.4, 0.5) is 32.0 Å². The average molecular weight is 501 g/mol. The average Bonchev–Trinajstić information content (AvgIpc) is 3.29. The number of alkyl halides is 6. The summed E-state index contributed by atoms with van der Waals surface area (Å²) in [6.07, 6.45) is -6.30. The van der Waals surface area contributed by atoms with Crippen LogP contribution in [-0.4, -0.2) is 23.5 Å². The first-order valence-corrected chi connectivity index (χ1v) is 11.5. The van der Waals surface area contributed by atoms with Gasteiger partial charge < -0.3 is 10.6 Å². The normalized spacial score (nSPS) is 19.2. The molecular weight excluding hydrogens is 480 g/mol. The fourth-order valence-corrected chi connectivity index (χ4v) is 4.88. The predicted molar refractivity (Wildman–Crippen MR) is 118 cm³/mol. The Morgan fingerprint density at radius 2 is 1.68 bits per heavy atom. The number of fused-ring (bicyclic) bond motifs is 1. The van der Waals surface area contributed by atoms with E-state index in [9.17, 15) is 31.1 Å². The number of hydrogen-bond acceptors (Lipinski definition) is 4. The number of carbonyl (C=O) groups excluding carboxylic acids is 1. The van der Waals surface area contributed by atoms with Gasteiger partial charge in [0.2, 0.25) is 0 Å². The van der Waals surface area contributed by atoms with Gasteiger partial charge in [-0.3, -0.25) is 4.79 Å². The second-order valence-electron chi connectivity index (χ2n) is 8.30. The molecule has 0 aliphatic heterocycles. The molecule has 2 heterocycles. The predicted octanol–water partition coefficient (Wildman–Crippen LogP) is 6.73. The number of pyridine rings is 1. The summed E-state index contributed by atoms with van der Waals surface area (Å²) in [7, 11) is 0. The Kier molecular flexibility index (Phi) is 6.75. The fraction of sp³-hybridized carbons (Fsp3) is 0.391. The van der Waals surface area contributed by atoms with Crippen molar-refractivity contribution in [3.05, 3.63) is 57.9 Å². The van der Waals surface area contributed by atoms with Crippen molar-refractivity contribution in [3.8, 4) is 0 Å². The van der Waals surface area contributed by atoms with Crippen molar-refractivity contribution in [3.63, 3.8) is 0 Å². The maximum atomic E-state index is 13.2. The maximum Gasteiger partial charge on any atom is 0.433 e. The molecular formula is C23H21F6N3OS. The summed E-state index contributed by atoms with van der Waals surface area (Å²) in [6, 6.07) is 9.56. The van der Waals surface area contributed by atoms with E-state index in [-0.39, 0.29) is 22.4 Å². The Labute approximate surface area is 195 Å². The lowest BCUT2D eigenvalue weighted by Crippen LogP contribution is -2.38. The number of para-hydroxylation sites is 1. The number of carbonyl (C=O) groups is 1. The zero-order valence-corrected chi connectivity index (χ0v) is 18.6. The number of nitrogens with zero attached hydrogens (tertiary/aromatic N) is 1. The topological polar surface area (TPSA) is 54.0 Å². The molecule has 1 aliphatic rings. The van der Waals surface area contributed by atoms with E-state index >= 15 is 0 Å². The van der Waals surface area contributed by atoms with Crippen LogP contribution in [0.2, 0.25) is 0 Å². The number of hydrogen-bond donors (Lipinski definition) is 2. The highest BCUT2D eigenvalue weighted by Crippen LogP contribution is 2.35. The molecule has 1 aliphatic carbocycles. The molecule has 0 unspecified atom stereocenters. The first-order chi connectivity index (χ1) is 16.0. The Morgan fingerprint density at radius 3 is 2.32 bits per heavy atom. The number of halogens is 6. The van der Waals surface area contributed by atoms with Crippen LogP contribution in [0.25, 0.3) is 10.9 Å². The van der Waals surface area contributed by atoms with E-state index in [1.54, 1.807) is 18.2 Å². The number of rotatable bonds is 5. The molecule has 0 spiro atoms. The third-order valence-electron chi connectivity index (χ3n) is 5.88. The van der Waals surface area contributed by atoms with Crippen LogP contribution < -0.4 is 10.6 Å². The van der Waals surface area contributed by atoms with Crippen molar-refractivity contribution in [2.45, 2.75) is 44.1 Å². The van der Waals surface area contributed by atoms with Crippen LogP contribution in [0, 0.1) is 5.92 Å².